The molecular weight excluding hydrogens is 148 g/mol. The van der Waals surface area contributed by atoms with Crippen LogP contribution in [0.3, 0.4) is 0 Å². The summed E-state index contributed by atoms with van der Waals surface area (Å²) in [7, 11) is 0. The number of rotatable bonds is 2. The molecule has 2 atom stereocenters. The van der Waals surface area contributed by atoms with E-state index in [1.165, 1.54) is 38.6 Å². The van der Waals surface area contributed by atoms with Gasteiger partial charge in [-0.25, -0.2) is 0 Å². The Morgan fingerprint density at radius 2 is 1.83 bits per heavy atom. The first-order valence-electron chi connectivity index (χ1n) is 5.32. The van der Waals surface area contributed by atoms with Gasteiger partial charge in [0.15, 0.2) is 0 Å². The van der Waals surface area contributed by atoms with Crippen LogP contribution in [0.5, 0.6) is 0 Å². The minimum atomic E-state index is 0.496. The lowest BCUT2D eigenvalue weighted by molar-refractivity contribution is 0.128. The van der Waals surface area contributed by atoms with Gasteiger partial charge in [0.25, 0.3) is 0 Å². The average molecular weight is 168 g/mol. The first-order valence-corrected chi connectivity index (χ1v) is 5.32. The molecule has 2 bridgehead atoms. The van der Waals surface area contributed by atoms with Gasteiger partial charge in [0, 0.05) is 18.1 Å². The zero-order chi connectivity index (χ0) is 8.55. The van der Waals surface area contributed by atoms with Crippen LogP contribution in [0.15, 0.2) is 0 Å². The highest BCUT2D eigenvalue weighted by Crippen LogP contribution is 2.34. The molecule has 0 amide bonds. The summed E-state index contributed by atoms with van der Waals surface area (Å²) in [6.45, 7) is 3.57. The highest BCUT2D eigenvalue weighted by atomic mass is 15.2. The van der Waals surface area contributed by atoms with Gasteiger partial charge in [0.1, 0.15) is 0 Å². The Labute approximate surface area is 75.1 Å². The van der Waals surface area contributed by atoms with E-state index in [0.29, 0.717) is 6.04 Å². The maximum absolute atomic E-state index is 5.99. The number of piperidine rings is 1. The highest BCUT2D eigenvalue weighted by Gasteiger charge is 2.38. The lowest BCUT2D eigenvalue weighted by Crippen LogP contribution is -2.47. The van der Waals surface area contributed by atoms with Crippen molar-refractivity contribution in [3.05, 3.63) is 0 Å². The number of hydrogen-bond donors (Lipinski definition) is 1. The van der Waals surface area contributed by atoms with Crippen LogP contribution in [0.2, 0.25) is 0 Å². The quantitative estimate of drug-likeness (QED) is 0.674. The van der Waals surface area contributed by atoms with Gasteiger partial charge in [0.2, 0.25) is 0 Å². The summed E-state index contributed by atoms with van der Waals surface area (Å²) in [6.07, 6.45) is 6.59. The monoisotopic (exact) mass is 168 g/mol. The van der Waals surface area contributed by atoms with Gasteiger partial charge in [-0.05, 0) is 38.6 Å². The van der Waals surface area contributed by atoms with E-state index in [4.69, 9.17) is 5.73 Å². The van der Waals surface area contributed by atoms with Crippen LogP contribution in [-0.4, -0.2) is 29.6 Å². The molecule has 2 unspecified atom stereocenters. The molecule has 0 aliphatic carbocycles. The summed E-state index contributed by atoms with van der Waals surface area (Å²) in [5.41, 5.74) is 5.99. The molecule has 2 aliphatic rings. The van der Waals surface area contributed by atoms with Crippen molar-refractivity contribution in [2.24, 2.45) is 5.73 Å². The summed E-state index contributed by atoms with van der Waals surface area (Å²) >= 11 is 0. The summed E-state index contributed by atoms with van der Waals surface area (Å²) in [6, 6.07) is 2.16. The molecule has 70 valence electrons. The highest BCUT2D eigenvalue weighted by molar-refractivity contribution is 4.96. The molecule has 0 spiro atoms. The molecule has 2 saturated heterocycles. The maximum atomic E-state index is 5.99. The van der Waals surface area contributed by atoms with Crippen LogP contribution in [-0.2, 0) is 0 Å². The molecule has 0 radical (unpaired) electrons. The summed E-state index contributed by atoms with van der Waals surface area (Å²) in [5, 5.41) is 0. The fraction of sp³-hybridized carbons (Fsp3) is 1.00. The third kappa shape index (κ3) is 1.38. The number of hydrogen-bond acceptors (Lipinski definition) is 2. The van der Waals surface area contributed by atoms with Crippen molar-refractivity contribution < 1.29 is 0 Å². The first-order chi connectivity index (χ1) is 5.81. The Bertz CT molecular complexity index is 144. The van der Waals surface area contributed by atoms with Crippen LogP contribution < -0.4 is 5.73 Å². The number of nitrogens with zero attached hydrogens (tertiary/aromatic N) is 1. The van der Waals surface area contributed by atoms with E-state index < -0.39 is 0 Å². The van der Waals surface area contributed by atoms with Crippen molar-refractivity contribution in [2.75, 3.05) is 6.54 Å². The molecule has 2 nitrogen and oxygen atoms in total. The summed E-state index contributed by atoms with van der Waals surface area (Å²) < 4.78 is 0. The minimum absolute atomic E-state index is 0.496. The fourth-order valence-corrected chi connectivity index (χ4v) is 2.94. The van der Waals surface area contributed by atoms with Gasteiger partial charge >= 0.3 is 0 Å². The Morgan fingerprint density at radius 3 is 2.33 bits per heavy atom. The second-order valence-electron chi connectivity index (χ2n) is 4.35. The molecule has 2 heterocycles. The van der Waals surface area contributed by atoms with Crippen molar-refractivity contribution in [1.82, 2.24) is 4.90 Å². The zero-order valence-electron chi connectivity index (χ0n) is 8.00. The number of fused-ring (bicyclic) bond motifs is 2. The van der Waals surface area contributed by atoms with Gasteiger partial charge in [-0.1, -0.05) is 6.92 Å². The molecule has 0 aromatic heterocycles. The van der Waals surface area contributed by atoms with Crippen molar-refractivity contribution in [2.45, 2.75) is 57.2 Å². The molecule has 2 heteroatoms. The van der Waals surface area contributed by atoms with Gasteiger partial charge in [-0.15, -0.1) is 0 Å². The molecule has 2 fully saturated rings. The predicted octanol–water partition coefficient (Wildman–Crippen LogP) is 1.35. The normalized spacial score (nSPS) is 42.0. The van der Waals surface area contributed by atoms with Crippen molar-refractivity contribution in [3.63, 3.8) is 0 Å². The largest absolute Gasteiger partial charge is 0.328 e. The minimum Gasteiger partial charge on any atom is -0.328 e. The summed E-state index contributed by atoms with van der Waals surface area (Å²) in [5.74, 6) is 0. The SMILES string of the molecule is CCCN1C2CCC1CC(N)C2. The zero-order valence-corrected chi connectivity index (χ0v) is 8.00. The van der Waals surface area contributed by atoms with Gasteiger partial charge in [-0.3, -0.25) is 4.90 Å². The fourth-order valence-electron chi connectivity index (χ4n) is 2.94. The third-order valence-electron chi connectivity index (χ3n) is 3.40. The van der Waals surface area contributed by atoms with Gasteiger partial charge in [0.05, 0.1) is 0 Å². The second kappa shape index (κ2) is 3.35. The molecule has 12 heavy (non-hydrogen) atoms. The Balaban J connectivity index is 1.99. The van der Waals surface area contributed by atoms with E-state index in [1.807, 2.05) is 0 Å². The standard InChI is InChI=1S/C10H20N2/c1-2-5-12-9-3-4-10(12)7-8(11)6-9/h8-10H,2-7,11H2,1H3. The van der Waals surface area contributed by atoms with Crippen LogP contribution in [0, 0.1) is 0 Å². The molecule has 0 saturated carbocycles. The maximum Gasteiger partial charge on any atom is 0.0113 e. The van der Waals surface area contributed by atoms with E-state index in [2.05, 4.69) is 11.8 Å². The van der Waals surface area contributed by atoms with Crippen molar-refractivity contribution >= 4 is 0 Å². The molecule has 2 aliphatic heterocycles. The molecule has 0 aromatic rings. The molecular formula is C10H20N2. The van der Waals surface area contributed by atoms with E-state index in [-0.39, 0.29) is 0 Å². The van der Waals surface area contributed by atoms with Crippen LogP contribution in [0.4, 0.5) is 0 Å². The lowest BCUT2D eigenvalue weighted by atomic mass is 9.98. The Hall–Kier alpha value is -0.0800. The van der Waals surface area contributed by atoms with E-state index in [9.17, 15) is 0 Å². The van der Waals surface area contributed by atoms with Crippen molar-refractivity contribution in [1.29, 1.82) is 0 Å². The molecule has 2 N–H and O–H groups in total. The van der Waals surface area contributed by atoms with E-state index in [0.717, 1.165) is 12.1 Å². The Morgan fingerprint density at radius 1 is 1.25 bits per heavy atom. The summed E-state index contributed by atoms with van der Waals surface area (Å²) in [4.78, 5) is 2.70. The van der Waals surface area contributed by atoms with E-state index >= 15 is 0 Å². The second-order valence-corrected chi connectivity index (χ2v) is 4.35. The van der Waals surface area contributed by atoms with Crippen LogP contribution in [0.25, 0.3) is 0 Å². The predicted molar refractivity (Wildman–Crippen MR) is 51.0 cm³/mol. The molecule has 2 rings (SSSR count). The number of nitrogens with two attached hydrogens (primary N) is 1. The first kappa shape index (κ1) is 8.52. The van der Waals surface area contributed by atoms with Crippen LogP contribution in [0.1, 0.15) is 39.0 Å². The average Bonchev–Trinajstić information content (AvgIpc) is 2.32. The third-order valence-corrected chi connectivity index (χ3v) is 3.40. The van der Waals surface area contributed by atoms with E-state index in [1.54, 1.807) is 0 Å². The van der Waals surface area contributed by atoms with Crippen molar-refractivity contribution in [3.8, 4) is 0 Å². The van der Waals surface area contributed by atoms with Gasteiger partial charge < -0.3 is 5.73 Å². The molecule has 0 aromatic carbocycles. The Kier molecular flexibility index (Phi) is 2.37. The smallest absolute Gasteiger partial charge is 0.0113 e. The lowest BCUT2D eigenvalue weighted by Gasteiger charge is -2.37. The van der Waals surface area contributed by atoms with Crippen LogP contribution >= 0.6 is 0 Å². The van der Waals surface area contributed by atoms with Gasteiger partial charge in [-0.2, -0.15) is 0 Å². The topological polar surface area (TPSA) is 29.3 Å².